The first-order valence-electron chi connectivity index (χ1n) is 6.48. The van der Waals surface area contributed by atoms with E-state index in [0.717, 1.165) is 5.36 Å². The van der Waals surface area contributed by atoms with Crippen LogP contribution in [0.4, 0.5) is 5.69 Å². The Morgan fingerprint density at radius 1 is 1.00 bits per heavy atom. The topological polar surface area (TPSA) is 15.6 Å². The number of nitrogens with zero attached hydrogens (tertiary/aromatic N) is 2. The van der Waals surface area contributed by atoms with Gasteiger partial charge in [-0.05, 0) is 0 Å². The Labute approximate surface area is 129 Å². The van der Waals surface area contributed by atoms with Gasteiger partial charge in [-0.3, -0.25) is 0 Å². The van der Waals surface area contributed by atoms with Crippen molar-refractivity contribution < 1.29 is 0 Å². The molecule has 4 heteroatoms. The fourth-order valence-electron chi connectivity index (χ4n) is 1.72. The Morgan fingerprint density at radius 3 is 2.05 bits per heavy atom. The molecule has 0 fully saturated rings. The van der Waals surface area contributed by atoms with Crippen molar-refractivity contribution >= 4 is 32.5 Å². The molecule has 0 aliphatic heterocycles. The van der Waals surface area contributed by atoms with Crippen LogP contribution in [-0.2, 0) is 0 Å². The van der Waals surface area contributed by atoms with Crippen LogP contribution in [-0.4, -0.2) is 37.9 Å². The van der Waals surface area contributed by atoms with Gasteiger partial charge in [-0.1, -0.05) is 0 Å². The minimum absolute atomic E-state index is 0.0654. The van der Waals surface area contributed by atoms with Crippen molar-refractivity contribution in [3.05, 3.63) is 35.7 Å². The van der Waals surface area contributed by atoms with Crippen LogP contribution in [0.2, 0.25) is 0 Å². The summed E-state index contributed by atoms with van der Waals surface area (Å²) in [4.78, 5) is 4.88. The van der Waals surface area contributed by atoms with Crippen molar-refractivity contribution in [1.82, 2.24) is 0 Å². The molecule has 19 heavy (non-hydrogen) atoms. The first kappa shape index (κ1) is 16.8. The van der Waals surface area contributed by atoms with Crippen LogP contribution >= 0.6 is 0 Å². The molecule has 0 saturated carbocycles. The molecule has 0 spiro atoms. The molecule has 0 saturated heterocycles. The predicted molar refractivity (Wildman–Crippen MR) is 85.5 cm³/mol. The van der Waals surface area contributed by atoms with E-state index in [1.54, 1.807) is 0 Å². The van der Waals surface area contributed by atoms with E-state index in [0.29, 0.717) is 0 Å². The van der Waals surface area contributed by atoms with E-state index < -0.39 is 0 Å². The summed E-state index contributed by atoms with van der Waals surface area (Å²) in [5.74, 6) is 0. The summed E-state index contributed by atoms with van der Waals surface area (Å²) < 4.78 is 2.47. The summed E-state index contributed by atoms with van der Waals surface area (Å²) in [6, 6.07) is 10.5. The maximum atomic E-state index is 4.88. The Morgan fingerprint density at radius 2 is 1.58 bits per heavy atom. The molecule has 0 N–H and O–H groups in total. The third kappa shape index (κ3) is 5.33. The van der Waals surface area contributed by atoms with Crippen molar-refractivity contribution in [3.8, 4) is 0 Å². The molecule has 0 atom stereocenters. The Balaban J connectivity index is 3.57. The number of rotatable bonds is 2. The average Bonchev–Trinajstić information content (AvgIpc) is 2.41. The molecule has 0 amide bonds. The second kappa shape index (κ2) is 6.47. The first-order chi connectivity index (χ1) is 8.65. The van der Waals surface area contributed by atoms with Gasteiger partial charge in [-0.2, -0.15) is 0 Å². The number of hydrogen-bond donors (Lipinski definition) is 0. The van der Waals surface area contributed by atoms with E-state index in [4.69, 9.17) is 4.99 Å². The van der Waals surface area contributed by atoms with E-state index in [-0.39, 0.29) is 24.3 Å². The summed E-state index contributed by atoms with van der Waals surface area (Å²) in [7, 11) is 0. The van der Waals surface area contributed by atoms with Gasteiger partial charge in [0, 0.05) is 0 Å². The van der Waals surface area contributed by atoms with Crippen LogP contribution in [0, 0.1) is 0 Å². The number of hydrogen-bond acceptors (Lipinski definition) is 2. The van der Waals surface area contributed by atoms with Crippen molar-refractivity contribution in [3.63, 3.8) is 0 Å². The predicted octanol–water partition coefficient (Wildman–Crippen LogP) is 2.69. The molecule has 0 aromatic heterocycles. The molecule has 2 nitrogen and oxygen atoms in total. The Kier molecular flexibility index (Phi) is 5.72. The van der Waals surface area contributed by atoms with Crippen molar-refractivity contribution in [2.24, 2.45) is 4.99 Å². The van der Waals surface area contributed by atoms with Gasteiger partial charge in [0.2, 0.25) is 0 Å². The van der Waals surface area contributed by atoms with Crippen molar-refractivity contribution in [2.45, 2.75) is 52.6 Å². The second-order valence-corrected chi connectivity index (χ2v) is 9.87. The van der Waals surface area contributed by atoms with E-state index in [2.05, 4.69) is 89.3 Å². The van der Waals surface area contributed by atoms with Gasteiger partial charge < -0.3 is 0 Å². The molecular weight excluding hydrogens is 360 g/mol. The zero-order chi connectivity index (χ0) is 14.7. The minimum atomic E-state index is -0.302. The molecule has 1 radical (unpaired) electrons. The van der Waals surface area contributed by atoms with Crippen molar-refractivity contribution in [1.29, 1.82) is 0 Å². The van der Waals surface area contributed by atoms with Gasteiger partial charge in [0.1, 0.15) is 0 Å². The summed E-state index contributed by atoms with van der Waals surface area (Å²) in [5.41, 5.74) is 1.28. The second-order valence-electron chi connectivity index (χ2n) is 6.56. The standard InChI is InChI=1S/C15H23GeN2Se/c1-14(2,3)17-12-10-8-7-9-11-13(12)18(16-19)15(4,5)6/h7-11H,1-6H3. The van der Waals surface area contributed by atoms with Crippen LogP contribution < -0.4 is 9.21 Å². The monoisotopic (exact) mass is 385 g/mol. The SMILES string of the molecule is CC(C)(C)N=c1cccccc1[N]([Ge]=[Se])C(C)(C)C. The molecule has 0 heterocycles. The molecule has 0 aliphatic rings. The summed E-state index contributed by atoms with van der Waals surface area (Å²) in [5, 5.41) is 1.08. The van der Waals surface area contributed by atoms with E-state index in [1.165, 1.54) is 5.69 Å². The molecule has 1 aromatic rings. The summed E-state index contributed by atoms with van der Waals surface area (Å²) in [6.45, 7) is 13.2. The molecular formula is C15H23GeN2Se. The first-order valence-corrected chi connectivity index (χ1v) is 12.7. The van der Waals surface area contributed by atoms with E-state index >= 15 is 0 Å². The van der Waals surface area contributed by atoms with E-state index in [1.807, 2.05) is 0 Å². The van der Waals surface area contributed by atoms with Gasteiger partial charge in [0.25, 0.3) is 0 Å². The average molecular weight is 383 g/mol. The van der Waals surface area contributed by atoms with E-state index in [9.17, 15) is 0 Å². The third-order valence-corrected chi connectivity index (χ3v) is 6.74. The zero-order valence-electron chi connectivity index (χ0n) is 12.7. The van der Waals surface area contributed by atoms with Gasteiger partial charge >= 0.3 is 130 Å². The molecule has 0 unspecified atom stereocenters. The van der Waals surface area contributed by atoms with Crippen LogP contribution in [0.3, 0.4) is 0 Å². The Bertz CT molecular complexity index is 513. The fraction of sp³-hybridized carbons (Fsp3) is 0.533. The summed E-state index contributed by atoms with van der Waals surface area (Å²) in [6.07, 6.45) is 0. The maximum absolute atomic E-state index is 4.88. The van der Waals surface area contributed by atoms with Crippen LogP contribution in [0.5, 0.6) is 0 Å². The van der Waals surface area contributed by atoms with Gasteiger partial charge in [0.15, 0.2) is 0 Å². The van der Waals surface area contributed by atoms with Gasteiger partial charge in [-0.25, -0.2) is 0 Å². The molecule has 0 bridgehead atoms. The molecule has 0 aliphatic carbocycles. The quantitative estimate of drug-likeness (QED) is 0.718. The number of anilines is 1. The Hall–Kier alpha value is -0.248. The van der Waals surface area contributed by atoms with Gasteiger partial charge in [0.05, 0.1) is 0 Å². The molecule has 1 aromatic carbocycles. The van der Waals surface area contributed by atoms with Crippen LogP contribution in [0.1, 0.15) is 41.5 Å². The molecule has 1 rings (SSSR count). The fourth-order valence-corrected chi connectivity index (χ4v) is 6.96. The zero-order valence-corrected chi connectivity index (χ0v) is 16.5. The molecule has 103 valence electrons. The van der Waals surface area contributed by atoms with Crippen LogP contribution in [0.25, 0.3) is 0 Å². The van der Waals surface area contributed by atoms with Crippen molar-refractivity contribution in [2.75, 3.05) is 3.86 Å². The third-order valence-electron chi connectivity index (χ3n) is 2.45. The summed E-state index contributed by atoms with van der Waals surface area (Å²) >= 11 is 2.96. The normalized spacial score (nSPS) is 13.3. The van der Waals surface area contributed by atoms with Gasteiger partial charge in [-0.15, -0.1) is 0 Å². The van der Waals surface area contributed by atoms with Crippen LogP contribution in [0.15, 0.2) is 35.3 Å².